The molecular weight excluding hydrogens is 278 g/mol. The van der Waals surface area contributed by atoms with Crippen LogP contribution in [0.5, 0.6) is 0 Å². The van der Waals surface area contributed by atoms with Crippen LogP contribution in [0.2, 0.25) is 0 Å². The predicted molar refractivity (Wildman–Crippen MR) is 75.6 cm³/mol. The van der Waals surface area contributed by atoms with Gasteiger partial charge in [0, 0.05) is 18.5 Å². The van der Waals surface area contributed by atoms with Gasteiger partial charge in [0.15, 0.2) is 15.6 Å². The molecule has 0 unspecified atom stereocenters. The molecule has 2 aromatic rings. The molecule has 6 heteroatoms. The van der Waals surface area contributed by atoms with Crippen molar-refractivity contribution in [3.05, 3.63) is 36.1 Å². The smallest absolute Gasteiger partial charge is 0.211 e. The quantitative estimate of drug-likeness (QED) is 0.799. The van der Waals surface area contributed by atoms with Crippen LogP contribution in [0, 0.1) is 0 Å². The Bertz CT molecular complexity index is 700. The number of nitrogens with zero attached hydrogens (tertiary/aromatic N) is 1. The van der Waals surface area contributed by atoms with Gasteiger partial charge in [-0.3, -0.25) is 9.69 Å². The molecule has 1 aromatic heterocycles. The SMILES string of the molecule is O=C(CN1CCS(=O)(=O)CC1)c1cc2ccccc2o1. The van der Waals surface area contributed by atoms with E-state index in [4.69, 9.17) is 4.42 Å². The molecule has 0 bridgehead atoms. The molecule has 0 aliphatic carbocycles. The molecule has 1 aromatic carbocycles. The molecule has 1 fully saturated rings. The van der Waals surface area contributed by atoms with Crippen molar-refractivity contribution in [2.24, 2.45) is 0 Å². The van der Waals surface area contributed by atoms with Gasteiger partial charge >= 0.3 is 0 Å². The van der Waals surface area contributed by atoms with Crippen LogP contribution in [-0.4, -0.2) is 50.2 Å². The van der Waals surface area contributed by atoms with Crippen LogP contribution in [-0.2, 0) is 9.84 Å². The molecule has 106 valence electrons. The van der Waals surface area contributed by atoms with Crippen molar-refractivity contribution in [3.63, 3.8) is 0 Å². The lowest BCUT2D eigenvalue weighted by Gasteiger charge is -2.25. The number of furan rings is 1. The highest BCUT2D eigenvalue weighted by atomic mass is 32.2. The fourth-order valence-corrected chi connectivity index (χ4v) is 3.59. The van der Waals surface area contributed by atoms with Crippen molar-refractivity contribution < 1.29 is 17.6 Å². The first kappa shape index (κ1) is 13.3. The molecule has 5 nitrogen and oxygen atoms in total. The Morgan fingerprint density at radius 2 is 1.90 bits per heavy atom. The Morgan fingerprint density at radius 1 is 1.20 bits per heavy atom. The second-order valence-electron chi connectivity index (χ2n) is 5.00. The summed E-state index contributed by atoms with van der Waals surface area (Å²) in [6.45, 7) is 1.03. The molecule has 0 atom stereocenters. The zero-order chi connectivity index (χ0) is 14.2. The Labute approximate surface area is 117 Å². The Morgan fingerprint density at radius 3 is 2.60 bits per heavy atom. The van der Waals surface area contributed by atoms with E-state index < -0.39 is 9.84 Å². The number of fused-ring (bicyclic) bond motifs is 1. The van der Waals surface area contributed by atoms with Gasteiger partial charge in [-0.25, -0.2) is 8.42 Å². The molecule has 0 radical (unpaired) electrons. The Kier molecular flexibility index (Phi) is 3.35. The van der Waals surface area contributed by atoms with Crippen molar-refractivity contribution in [3.8, 4) is 0 Å². The second-order valence-corrected chi connectivity index (χ2v) is 7.30. The zero-order valence-corrected chi connectivity index (χ0v) is 11.7. The molecule has 20 heavy (non-hydrogen) atoms. The van der Waals surface area contributed by atoms with Gasteiger partial charge < -0.3 is 4.42 Å². The van der Waals surface area contributed by atoms with Crippen LogP contribution in [0.1, 0.15) is 10.6 Å². The third kappa shape index (κ3) is 2.76. The summed E-state index contributed by atoms with van der Waals surface area (Å²) in [5.41, 5.74) is 0.692. The highest BCUT2D eigenvalue weighted by Gasteiger charge is 2.24. The summed E-state index contributed by atoms with van der Waals surface area (Å²) >= 11 is 0. The highest BCUT2D eigenvalue weighted by Crippen LogP contribution is 2.19. The van der Waals surface area contributed by atoms with Gasteiger partial charge in [0.05, 0.1) is 18.1 Å². The minimum atomic E-state index is -2.91. The van der Waals surface area contributed by atoms with Gasteiger partial charge in [0.2, 0.25) is 5.78 Å². The van der Waals surface area contributed by atoms with Crippen molar-refractivity contribution in [1.82, 2.24) is 4.90 Å². The minimum absolute atomic E-state index is 0.111. The molecule has 0 N–H and O–H groups in total. The third-order valence-electron chi connectivity index (χ3n) is 3.50. The summed E-state index contributed by atoms with van der Waals surface area (Å²) in [5.74, 6) is 0.473. The molecule has 1 aliphatic heterocycles. The first-order valence-corrected chi connectivity index (χ1v) is 8.30. The topological polar surface area (TPSA) is 67.6 Å². The Balaban J connectivity index is 1.70. The van der Waals surface area contributed by atoms with Gasteiger partial charge in [0.25, 0.3) is 0 Å². The van der Waals surface area contributed by atoms with Gasteiger partial charge in [-0.05, 0) is 12.1 Å². The van der Waals surface area contributed by atoms with E-state index in [2.05, 4.69) is 0 Å². The molecule has 3 rings (SSSR count). The Hall–Kier alpha value is -1.66. The summed E-state index contributed by atoms with van der Waals surface area (Å²) in [5, 5.41) is 0.900. The molecule has 0 saturated carbocycles. The molecule has 1 aliphatic rings. The fraction of sp³-hybridized carbons (Fsp3) is 0.357. The van der Waals surface area contributed by atoms with Crippen LogP contribution in [0.25, 0.3) is 11.0 Å². The average molecular weight is 293 g/mol. The lowest BCUT2D eigenvalue weighted by molar-refractivity contribution is 0.0910. The maximum absolute atomic E-state index is 12.2. The third-order valence-corrected chi connectivity index (χ3v) is 5.11. The summed E-state index contributed by atoms with van der Waals surface area (Å²) in [7, 11) is -2.91. The van der Waals surface area contributed by atoms with E-state index in [-0.39, 0.29) is 23.8 Å². The predicted octanol–water partition coefficient (Wildman–Crippen LogP) is 1.35. The second kappa shape index (κ2) is 5.03. The fourth-order valence-electron chi connectivity index (χ4n) is 2.31. The lowest BCUT2D eigenvalue weighted by Crippen LogP contribution is -2.42. The van der Waals surface area contributed by atoms with Gasteiger partial charge in [-0.2, -0.15) is 0 Å². The van der Waals surface area contributed by atoms with Crippen molar-refractivity contribution in [2.45, 2.75) is 0 Å². The summed E-state index contributed by atoms with van der Waals surface area (Å²) in [4.78, 5) is 14.0. The number of hydrogen-bond acceptors (Lipinski definition) is 5. The molecule has 0 spiro atoms. The molecular formula is C14H15NO4S. The number of carbonyl (C=O) groups excluding carboxylic acids is 1. The first-order valence-electron chi connectivity index (χ1n) is 6.48. The molecule has 1 saturated heterocycles. The van der Waals surface area contributed by atoms with E-state index in [1.807, 2.05) is 29.2 Å². The number of benzene rings is 1. The highest BCUT2D eigenvalue weighted by molar-refractivity contribution is 7.91. The number of Topliss-reactive ketones (excluding diaryl/α,β-unsaturated/α-hetero) is 1. The van der Waals surface area contributed by atoms with E-state index in [0.29, 0.717) is 24.4 Å². The van der Waals surface area contributed by atoms with Gasteiger partial charge in [-0.15, -0.1) is 0 Å². The van der Waals surface area contributed by atoms with Gasteiger partial charge in [0.1, 0.15) is 5.58 Å². The average Bonchev–Trinajstić information content (AvgIpc) is 2.85. The normalized spacial score (nSPS) is 19.2. The van der Waals surface area contributed by atoms with Gasteiger partial charge in [-0.1, -0.05) is 18.2 Å². The summed E-state index contributed by atoms with van der Waals surface area (Å²) in [6, 6.07) is 9.19. The molecule has 0 amide bonds. The lowest BCUT2D eigenvalue weighted by atomic mass is 10.2. The minimum Gasteiger partial charge on any atom is -0.453 e. The van der Waals surface area contributed by atoms with Crippen LogP contribution in [0.15, 0.2) is 34.7 Å². The number of ketones is 1. The summed E-state index contributed by atoms with van der Waals surface area (Å²) < 4.78 is 28.2. The van der Waals surface area contributed by atoms with E-state index in [9.17, 15) is 13.2 Å². The van der Waals surface area contributed by atoms with E-state index in [1.54, 1.807) is 6.07 Å². The van der Waals surface area contributed by atoms with Crippen LogP contribution in [0.3, 0.4) is 0 Å². The maximum atomic E-state index is 12.2. The van der Waals surface area contributed by atoms with Crippen molar-refractivity contribution in [2.75, 3.05) is 31.1 Å². The number of sulfone groups is 1. The number of hydrogen-bond donors (Lipinski definition) is 0. The van der Waals surface area contributed by atoms with Crippen LogP contribution in [0.4, 0.5) is 0 Å². The standard InChI is InChI=1S/C14H15NO4S/c16-12(10-15-5-7-20(17,18)8-6-15)14-9-11-3-1-2-4-13(11)19-14/h1-4,9H,5-8,10H2. The van der Waals surface area contributed by atoms with Crippen molar-refractivity contribution in [1.29, 1.82) is 0 Å². The largest absolute Gasteiger partial charge is 0.453 e. The monoisotopic (exact) mass is 293 g/mol. The van der Waals surface area contributed by atoms with Crippen molar-refractivity contribution >= 4 is 26.6 Å². The van der Waals surface area contributed by atoms with E-state index in [0.717, 1.165) is 5.39 Å². The van der Waals surface area contributed by atoms with E-state index in [1.165, 1.54) is 0 Å². The zero-order valence-electron chi connectivity index (χ0n) is 10.9. The summed E-state index contributed by atoms with van der Waals surface area (Å²) in [6.07, 6.45) is 0. The molecule has 2 heterocycles. The number of rotatable bonds is 3. The van der Waals surface area contributed by atoms with E-state index >= 15 is 0 Å². The van der Waals surface area contributed by atoms with Crippen LogP contribution < -0.4 is 0 Å². The number of para-hydroxylation sites is 1. The van der Waals surface area contributed by atoms with Crippen LogP contribution >= 0.6 is 0 Å². The number of carbonyl (C=O) groups is 1. The maximum Gasteiger partial charge on any atom is 0.211 e. The first-order chi connectivity index (χ1) is 9.53.